The standard InChI is InChI=1S/C9H17N.C2H6/c1-5-8(4)9(6-2)10-7-3;1-2/h7H,5-6H2,1-4H3;1-2H3/b9-8+,10-7?;. The van der Waals surface area contributed by atoms with Gasteiger partial charge < -0.3 is 0 Å². The van der Waals surface area contributed by atoms with E-state index in [0.717, 1.165) is 12.8 Å². The molecule has 0 radical (unpaired) electrons. The Kier molecular flexibility index (Phi) is 12.1. The van der Waals surface area contributed by atoms with Crippen molar-refractivity contribution in [2.75, 3.05) is 0 Å². The Morgan fingerprint density at radius 3 is 1.92 bits per heavy atom. The molecule has 0 aromatic heterocycles. The van der Waals surface area contributed by atoms with Gasteiger partial charge in [0.25, 0.3) is 0 Å². The lowest BCUT2D eigenvalue weighted by atomic mass is 10.1. The molecular formula is C11H23N. The monoisotopic (exact) mass is 169 g/mol. The molecule has 0 atom stereocenters. The summed E-state index contributed by atoms with van der Waals surface area (Å²) in [6.45, 7) is 12.4. The Labute approximate surface area is 77.6 Å². The molecule has 0 saturated heterocycles. The fourth-order valence-electron chi connectivity index (χ4n) is 0.863. The molecule has 0 heterocycles. The summed E-state index contributed by atoms with van der Waals surface area (Å²) >= 11 is 0. The van der Waals surface area contributed by atoms with Crippen molar-refractivity contribution in [2.45, 2.75) is 54.4 Å². The van der Waals surface area contributed by atoms with E-state index in [4.69, 9.17) is 0 Å². The molecule has 0 fully saturated rings. The van der Waals surface area contributed by atoms with E-state index in [-0.39, 0.29) is 0 Å². The first-order valence-electron chi connectivity index (χ1n) is 4.93. The largest absolute Gasteiger partial charge is 0.266 e. The fraction of sp³-hybridized carbons (Fsp3) is 0.727. The number of hydrogen-bond donors (Lipinski definition) is 0. The van der Waals surface area contributed by atoms with Crippen molar-refractivity contribution in [3.05, 3.63) is 11.3 Å². The molecule has 72 valence electrons. The van der Waals surface area contributed by atoms with E-state index in [1.54, 1.807) is 0 Å². The Morgan fingerprint density at radius 2 is 1.67 bits per heavy atom. The Bertz CT molecular complexity index is 143. The number of allylic oxidation sites excluding steroid dienone is 2. The van der Waals surface area contributed by atoms with E-state index in [0.29, 0.717) is 0 Å². The Morgan fingerprint density at radius 1 is 1.17 bits per heavy atom. The first kappa shape index (κ1) is 14.0. The molecule has 12 heavy (non-hydrogen) atoms. The molecule has 1 nitrogen and oxygen atoms in total. The van der Waals surface area contributed by atoms with Crippen molar-refractivity contribution in [1.29, 1.82) is 0 Å². The third-order valence-corrected chi connectivity index (χ3v) is 1.64. The van der Waals surface area contributed by atoms with Gasteiger partial charge in [0.15, 0.2) is 0 Å². The third kappa shape index (κ3) is 6.14. The maximum atomic E-state index is 4.27. The van der Waals surface area contributed by atoms with Crippen LogP contribution in [0.25, 0.3) is 0 Å². The molecule has 0 rings (SSSR count). The van der Waals surface area contributed by atoms with Crippen LogP contribution in [0.15, 0.2) is 16.3 Å². The van der Waals surface area contributed by atoms with Crippen LogP contribution in [-0.4, -0.2) is 6.21 Å². The highest BCUT2D eigenvalue weighted by molar-refractivity contribution is 5.55. The quantitative estimate of drug-likeness (QED) is 0.561. The van der Waals surface area contributed by atoms with Gasteiger partial charge in [0.05, 0.1) is 0 Å². The zero-order valence-corrected chi connectivity index (χ0v) is 9.44. The van der Waals surface area contributed by atoms with Crippen LogP contribution in [0.5, 0.6) is 0 Å². The van der Waals surface area contributed by atoms with Gasteiger partial charge in [-0.25, -0.2) is 0 Å². The number of hydrogen-bond acceptors (Lipinski definition) is 1. The van der Waals surface area contributed by atoms with Crippen LogP contribution < -0.4 is 0 Å². The summed E-state index contributed by atoms with van der Waals surface area (Å²) in [5, 5.41) is 0. The molecule has 0 unspecified atom stereocenters. The molecular weight excluding hydrogens is 146 g/mol. The second-order valence-corrected chi connectivity index (χ2v) is 2.32. The average Bonchev–Trinajstić information content (AvgIpc) is 2.16. The molecule has 0 bridgehead atoms. The Hall–Kier alpha value is -0.590. The highest BCUT2D eigenvalue weighted by Crippen LogP contribution is 2.11. The minimum absolute atomic E-state index is 1.05. The smallest absolute Gasteiger partial charge is 0.0385 e. The fourth-order valence-corrected chi connectivity index (χ4v) is 0.863. The number of aliphatic imine (C=N–C) groups is 1. The highest BCUT2D eigenvalue weighted by atomic mass is 14.7. The minimum atomic E-state index is 1.05. The molecule has 0 saturated carbocycles. The van der Waals surface area contributed by atoms with Gasteiger partial charge >= 0.3 is 0 Å². The zero-order chi connectivity index (χ0) is 9.98. The first-order valence-corrected chi connectivity index (χ1v) is 4.93. The van der Waals surface area contributed by atoms with E-state index >= 15 is 0 Å². The number of rotatable bonds is 3. The van der Waals surface area contributed by atoms with Crippen molar-refractivity contribution < 1.29 is 0 Å². The lowest BCUT2D eigenvalue weighted by molar-refractivity contribution is 0.968. The summed E-state index contributed by atoms with van der Waals surface area (Å²) in [4.78, 5) is 4.27. The second kappa shape index (κ2) is 10.4. The lowest BCUT2D eigenvalue weighted by Gasteiger charge is -2.01. The van der Waals surface area contributed by atoms with Crippen LogP contribution in [0.1, 0.15) is 54.4 Å². The van der Waals surface area contributed by atoms with Crippen molar-refractivity contribution in [2.24, 2.45) is 4.99 Å². The molecule has 0 N–H and O–H groups in total. The summed E-state index contributed by atoms with van der Waals surface area (Å²) < 4.78 is 0. The predicted molar refractivity (Wildman–Crippen MR) is 58.8 cm³/mol. The van der Waals surface area contributed by atoms with Crippen LogP contribution in [0.2, 0.25) is 0 Å². The summed E-state index contributed by atoms with van der Waals surface area (Å²) in [5.41, 5.74) is 2.64. The van der Waals surface area contributed by atoms with Crippen LogP contribution in [-0.2, 0) is 0 Å². The van der Waals surface area contributed by atoms with Crippen LogP contribution >= 0.6 is 0 Å². The minimum Gasteiger partial charge on any atom is -0.266 e. The molecule has 0 aromatic rings. The van der Waals surface area contributed by atoms with E-state index < -0.39 is 0 Å². The zero-order valence-electron chi connectivity index (χ0n) is 9.44. The van der Waals surface area contributed by atoms with Gasteiger partial charge in [-0.1, -0.05) is 33.3 Å². The topological polar surface area (TPSA) is 12.4 Å². The molecule has 0 aliphatic heterocycles. The number of nitrogens with zero attached hydrogens (tertiary/aromatic N) is 1. The van der Waals surface area contributed by atoms with Gasteiger partial charge in [0.1, 0.15) is 0 Å². The second-order valence-electron chi connectivity index (χ2n) is 2.32. The van der Waals surface area contributed by atoms with Crippen molar-refractivity contribution in [3.63, 3.8) is 0 Å². The van der Waals surface area contributed by atoms with Gasteiger partial charge in [0, 0.05) is 11.9 Å². The Balaban J connectivity index is 0. The van der Waals surface area contributed by atoms with Gasteiger partial charge in [-0.3, -0.25) is 4.99 Å². The summed E-state index contributed by atoms with van der Waals surface area (Å²) in [6.07, 6.45) is 4.02. The first-order chi connectivity index (χ1) is 5.76. The molecule has 0 aliphatic carbocycles. The highest BCUT2D eigenvalue weighted by Gasteiger charge is 1.93. The van der Waals surface area contributed by atoms with E-state index in [9.17, 15) is 0 Å². The van der Waals surface area contributed by atoms with E-state index in [1.165, 1.54) is 11.3 Å². The molecule has 0 aliphatic rings. The van der Waals surface area contributed by atoms with Crippen LogP contribution in [0, 0.1) is 0 Å². The predicted octanol–water partition coefficient (Wildman–Crippen LogP) is 4.20. The maximum absolute atomic E-state index is 4.27. The summed E-state index contributed by atoms with van der Waals surface area (Å²) in [6, 6.07) is 0. The summed E-state index contributed by atoms with van der Waals surface area (Å²) in [5.74, 6) is 0. The van der Waals surface area contributed by atoms with Gasteiger partial charge in [-0.2, -0.15) is 0 Å². The van der Waals surface area contributed by atoms with Crippen molar-refractivity contribution >= 4 is 6.21 Å². The molecule has 0 amide bonds. The van der Waals surface area contributed by atoms with Gasteiger partial charge in [-0.05, 0) is 26.7 Å². The maximum Gasteiger partial charge on any atom is 0.0385 e. The molecule has 0 aromatic carbocycles. The molecule has 0 spiro atoms. The van der Waals surface area contributed by atoms with Crippen LogP contribution in [0.3, 0.4) is 0 Å². The van der Waals surface area contributed by atoms with E-state index in [1.807, 2.05) is 27.0 Å². The van der Waals surface area contributed by atoms with Crippen molar-refractivity contribution in [3.8, 4) is 0 Å². The summed E-state index contributed by atoms with van der Waals surface area (Å²) in [7, 11) is 0. The van der Waals surface area contributed by atoms with E-state index in [2.05, 4.69) is 25.8 Å². The van der Waals surface area contributed by atoms with Gasteiger partial charge in [0.2, 0.25) is 0 Å². The van der Waals surface area contributed by atoms with Crippen LogP contribution in [0.4, 0.5) is 0 Å². The lowest BCUT2D eigenvalue weighted by Crippen LogP contribution is -1.82. The normalized spacial score (nSPS) is 12.2. The average molecular weight is 169 g/mol. The van der Waals surface area contributed by atoms with Gasteiger partial charge in [-0.15, -0.1) is 0 Å². The molecule has 1 heteroatoms. The third-order valence-electron chi connectivity index (χ3n) is 1.64. The van der Waals surface area contributed by atoms with Crippen molar-refractivity contribution in [1.82, 2.24) is 0 Å². The SMILES string of the molecule is CC.CC=N/C(CC)=C(\C)CC.